The highest BCUT2D eigenvalue weighted by molar-refractivity contribution is 9.10. The van der Waals surface area contributed by atoms with Crippen LogP contribution in [0.5, 0.6) is 0 Å². The molecule has 0 fully saturated rings. The number of hydrogen-bond acceptors (Lipinski definition) is 3. The molecule has 0 aliphatic heterocycles. The fourth-order valence-corrected chi connectivity index (χ4v) is 2.65. The van der Waals surface area contributed by atoms with Crippen molar-refractivity contribution in [2.24, 2.45) is 0 Å². The Balaban J connectivity index is 2.79. The molecule has 0 unspecified atom stereocenters. The molecule has 0 saturated heterocycles. The van der Waals surface area contributed by atoms with E-state index in [-0.39, 0.29) is 10.2 Å². The summed E-state index contributed by atoms with van der Waals surface area (Å²) < 4.78 is 38.1. The van der Waals surface area contributed by atoms with Gasteiger partial charge in [-0.1, -0.05) is 0 Å². The lowest BCUT2D eigenvalue weighted by atomic mass is 10.3. The van der Waals surface area contributed by atoms with Crippen LogP contribution in [0.3, 0.4) is 0 Å². The van der Waals surface area contributed by atoms with Gasteiger partial charge in [-0.3, -0.25) is 9.52 Å². The van der Waals surface area contributed by atoms with E-state index >= 15 is 0 Å². The average molecular weight is 326 g/mol. The van der Waals surface area contributed by atoms with E-state index in [1.54, 1.807) is 0 Å². The summed E-state index contributed by atoms with van der Waals surface area (Å²) in [6, 6.07) is 3.45. The van der Waals surface area contributed by atoms with Crippen LogP contribution in [0.1, 0.15) is 6.42 Å². The maximum absolute atomic E-state index is 12.7. The first-order valence-corrected chi connectivity index (χ1v) is 6.92. The number of rotatable bonds is 5. The molecule has 94 valence electrons. The number of sulfonamides is 1. The molecule has 0 radical (unpaired) electrons. The van der Waals surface area contributed by atoms with Crippen LogP contribution < -0.4 is 4.72 Å². The molecule has 0 aromatic heterocycles. The van der Waals surface area contributed by atoms with E-state index in [0.717, 1.165) is 12.1 Å². The second kappa shape index (κ2) is 5.46. The molecule has 1 rings (SSSR count). The molecule has 0 aliphatic rings. The first-order chi connectivity index (χ1) is 7.80. The topological polar surface area (TPSA) is 83.5 Å². The summed E-state index contributed by atoms with van der Waals surface area (Å²) in [5, 5.41) is 8.38. The van der Waals surface area contributed by atoms with E-state index in [4.69, 9.17) is 5.11 Å². The lowest BCUT2D eigenvalue weighted by Gasteiger charge is -2.08. The van der Waals surface area contributed by atoms with Gasteiger partial charge >= 0.3 is 5.97 Å². The fourth-order valence-electron chi connectivity index (χ4n) is 1.01. The van der Waals surface area contributed by atoms with Crippen molar-refractivity contribution in [3.8, 4) is 0 Å². The summed E-state index contributed by atoms with van der Waals surface area (Å²) in [5.74, 6) is -2.24. The molecule has 0 amide bonds. The fraction of sp³-hybridized carbons (Fsp3) is 0.222. The Morgan fingerprint density at radius 3 is 2.65 bits per heavy atom. The van der Waals surface area contributed by atoms with Gasteiger partial charge < -0.3 is 5.11 Å². The van der Waals surface area contributed by atoms with Gasteiger partial charge in [-0.2, -0.15) is 0 Å². The molecule has 1 aromatic carbocycles. The highest BCUT2D eigenvalue weighted by Crippen LogP contribution is 2.24. The SMILES string of the molecule is O=C(O)CCS(=O)(=O)Nc1ccc(F)cc1Br. The molecule has 2 N–H and O–H groups in total. The van der Waals surface area contributed by atoms with Crippen LogP contribution in [0, 0.1) is 5.82 Å². The van der Waals surface area contributed by atoms with Crippen LogP contribution in [-0.2, 0) is 14.8 Å². The summed E-state index contributed by atoms with van der Waals surface area (Å²) >= 11 is 3.00. The predicted octanol–water partition coefficient (Wildman–Crippen LogP) is 1.80. The molecule has 0 spiro atoms. The van der Waals surface area contributed by atoms with E-state index in [0.29, 0.717) is 0 Å². The molecule has 17 heavy (non-hydrogen) atoms. The highest BCUT2D eigenvalue weighted by Gasteiger charge is 2.14. The van der Waals surface area contributed by atoms with E-state index in [1.165, 1.54) is 6.07 Å². The zero-order valence-corrected chi connectivity index (χ0v) is 10.9. The Morgan fingerprint density at radius 2 is 2.12 bits per heavy atom. The highest BCUT2D eigenvalue weighted by atomic mass is 79.9. The number of aliphatic carboxylic acids is 1. The van der Waals surface area contributed by atoms with Gasteiger partial charge in [0.2, 0.25) is 10.0 Å². The minimum Gasteiger partial charge on any atom is -0.481 e. The van der Waals surface area contributed by atoms with Gasteiger partial charge in [-0.05, 0) is 34.1 Å². The van der Waals surface area contributed by atoms with Crippen LogP contribution in [0.15, 0.2) is 22.7 Å². The van der Waals surface area contributed by atoms with Crippen LogP contribution in [0.2, 0.25) is 0 Å². The van der Waals surface area contributed by atoms with Gasteiger partial charge in [0, 0.05) is 4.47 Å². The van der Waals surface area contributed by atoms with Crippen molar-refractivity contribution in [1.82, 2.24) is 0 Å². The molecule has 0 saturated carbocycles. The van der Waals surface area contributed by atoms with Crippen molar-refractivity contribution >= 4 is 37.6 Å². The maximum atomic E-state index is 12.7. The second-order valence-electron chi connectivity index (χ2n) is 3.19. The van der Waals surface area contributed by atoms with Crippen molar-refractivity contribution < 1.29 is 22.7 Å². The first-order valence-electron chi connectivity index (χ1n) is 4.47. The van der Waals surface area contributed by atoms with E-state index in [1.807, 2.05) is 0 Å². The van der Waals surface area contributed by atoms with Gasteiger partial charge in [0.25, 0.3) is 0 Å². The van der Waals surface area contributed by atoms with Crippen molar-refractivity contribution in [3.05, 3.63) is 28.5 Å². The number of carboxylic acids is 1. The summed E-state index contributed by atoms with van der Waals surface area (Å²) in [4.78, 5) is 10.3. The van der Waals surface area contributed by atoms with E-state index in [9.17, 15) is 17.6 Å². The van der Waals surface area contributed by atoms with Gasteiger partial charge in [-0.25, -0.2) is 12.8 Å². The lowest BCUT2D eigenvalue weighted by molar-refractivity contribution is -0.136. The summed E-state index contributed by atoms with van der Waals surface area (Å²) in [6.07, 6.45) is -0.492. The number of carbonyl (C=O) groups is 1. The minimum atomic E-state index is -3.75. The third kappa shape index (κ3) is 4.70. The predicted molar refractivity (Wildman–Crippen MR) is 63.8 cm³/mol. The Hall–Kier alpha value is -1.15. The Kier molecular flexibility index (Phi) is 4.47. The number of anilines is 1. The molecule has 5 nitrogen and oxygen atoms in total. The number of halogens is 2. The molecular weight excluding hydrogens is 317 g/mol. The number of benzene rings is 1. The second-order valence-corrected chi connectivity index (χ2v) is 5.89. The summed E-state index contributed by atoms with van der Waals surface area (Å²) in [6.45, 7) is 0. The van der Waals surface area contributed by atoms with Crippen LogP contribution in [0.25, 0.3) is 0 Å². The van der Waals surface area contributed by atoms with Gasteiger partial charge in [0.15, 0.2) is 0 Å². The summed E-state index contributed by atoms with van der Waals surface area (Å²) in [5.41, 5.74) is 0.164. The first kappa shape index (κ1) is 13.9. The maximum Gasteiger partial charge on any atom is 0.304 e. The number of nitrogens with one attached hydrogen (secondary N) is 1. The third-order valence-corrected chi connectivity index (χ3v) is 3.71. The summed E-state index contributed by atoms with van der Waals surface area (Å²) in [7, 11) is -3.75. The quantitative estimate of drug-likeness (QED) is 0.864. The Morgan fingerprint density at radius 1 is 1.47 bits per heavy atom. The zero-order valence-electron chi connectivity index (χ0n) is 8.48. The molecule has 8 heteroatoms. The third-order valence-electron chi connectivity index (χ3n) is 1.78. The minimum absolute atomic E-state index is 0.164. The Bertz CT molecular complexity index is 532. The molecular formula is C9H9BrFNO4S. The smallest absolute Gasteiger partial charge is 0.304 e. The van der Waals surface area contributed by atoms with Crippen LogP contribution in [0.4, 0.5) is 10.1 Å². The zero-order chi connectivity index (χ0) is 13.1. The molecule has 0 bridgehead atoms. The largest absolute Gasteiger partial charge is 0.481 e. The molecule has 1 aromatic rings. The van der Waals surface area contributed by atoms with Gasteiger partial charge in [-0.15, -0.1) is 0 Å². The normalized spacial score (nSPS) is 11.2. The molecule has 0 heterocycles. The lowest BCUT2D eigenvalue weighted by Crippen LogP contribution is -2.19. The average Bonchev–Trinajstić information content (AvgIpc) is 2.20. The van der Waals surface area contributed by atoms with Crippen molar-refractivity contribution in [2.45, 2.75) is 6.42 Å². The molecule has 0 aliphatic carbocycles. The van der Waals surface area contributed by atoms with Gasteiger partial charge in [0.1, 0.15) is 5.82 Å². The monoisotopic (exact) mass is 325 g/mol. The van der Waals surface area contributed by atoms with Gasteiger partial charge in [0.05, 0.1) is 17.9 Å². The number of carboxylic acid groups (broad SMARTS) is 1. The van der Waals surface area contributed by atoms with Crippen molar-refractivity contribution in [1.29, 1.82) is 0 Å². The van der Waals surface area contributed by atoms with Crippen molar-refractivity contribution in [2.75, 3.05) is 10.5 Å². The standard InChI is InChI=1S/C9H9BrFNO4S/c10-7-5-6(11)1-2-8(7)12-17(15,16)4-3-9(13)14/h1-2,5,12H,3-4H2,(H,13,14). The van der Waals surface area contributed by atoms with Crippen LogP contribution >= 0.6 is 15.9 Å². The Labute approximate surface area is 106 Å². The van der Waals surface area contributed by atoms with Crippen LogP contribution in [-0.4, -0.2) is 25.2 Å². The number of hydrogen-bond donors (Lipinski definition) is 2. The van der Waals surface area contributed by atoms with Crippen molar-refractivity contribution in [3.63, 3.8) is 0 Å². The van der Waals surface area contributed by atoms with E-state index in [2.05, 4.69) is 20.7 Å². The molecule has 0 atom stereocenters. The van der Waals surface area contributed by atoms with E-state index < -0.39 is 34.0 Å².